The van der Waals surface area contributed by atoms with Gasteiger partial charge >= 0.3 is 6.09 Å². The van der Waals surface area contributed by atoms with Crippen molar-refractivity contribution in [2.75, 3.05) is 42.9 Å². The molecule has 0 aliphatic carbocycles. The van der Waals surface area contributed by atoms with Gasteiger partial charge in [-0.05, 0) is 18.2 Å². The average Bonchev–Trinajstić information content (AvgIpc) is 3.21. The minimum atomic E-state index is -1.15. The number of nitrogens with one attached hydrogen (secondary N) is 2. The molecule has 0 aromatic carbocycles. The summed E-state index contributed by atoms with van der Waals surface area (Å²) in [5, 5.41) is 15.7. The Morgan fingerprint density at radius 3 is 2.71 bits per heavy atom. The molecule has 11 nitrogen and oxygen atoms in total. The number of anilines is 2. The van der Waals surface area contributed by atoms with Gasteiger partial charge in [0, 0.05) is 51.0 Å². The Kier molecular flexibility index (Phi) is 5.76. The van der Waals surface area contributed by atoms with Crippen LogP contribution in [-0.4, -0.2) is 81.1 Å². The molecule has 0 radical (unpaired) electrons. The van der Waals surface area contributed by atoms with Crippen molar-refractivity contribution in [1.29, 1.82) is 0 Å². The maximum Gasteiger partial charge on any atom is 0.422 e. The molecule has 0 atom stereocenters. The molecule has 2 amide bonds. The van der Waals surface area contributed by atoms with Crippen LogP contribution >= 0.6 is 0 Å². The molecule has 0 unspecified atom stereocenters. The van der Waals surface area contributed by atoms with Crippen LogP contribution < -0.4 is 10.2 Å². The monoisotopic (exact) mass is 423 g/mol. The van der Waals surface area contributed by atoms with Crippen LogP contribution in [0.5, 0.6) is 0 Å². The summed E-state index contributed by atoms with van der Waals surface area (Å²) in [6.07, 6.45) is 5.90. The first-order chi connectivity index (χ1) is 15.1. The first kappa shape index (κ1) is 20.3. The fraction of sp³-hybridized carbons (Fsp3) is 0.250. The molecule has 11 heteroatoms. The number of hydrazine groups is 1. The van der Waals surface area contributed by atoms with E-state index in [4.69, 9.17) is 0 Å². The summed E-state index contributed by atoms with van der Waals surface area (Å²) in [6.45, 7) is 1.76. The van der Waals surface area contributed by atoms with E-state index >= 15 is 0 Å². The molecule has 1 aliphatic rings. The molecule has 0 saturated carbocycles. The number of pyridine rings is 2. The number of nitrogens with zero attached hydrogens (tertiary/aromatic N) is 5. The first-order valence-electron chi connectivity index (χ1n) is 9.70. The van der Waals surface area contributed by atoms with E-state index in [1.807, 2.05) is 6.07 Å². The van der Waals surface area contributed by atoms with Crippen molar-refractivity contribution >= 4 is 40.7 Å². The third-order valence-electron chi connectivity index (χ3n) is 5.13. The highest BCUT2D eigenvalue weighted by atomic mass is 16.4. The van der Waals surface area contributed by atoms with E-state index in [-0.39, 0.29) is 12.5 Å². The highest BCUT2D eigenvalue weighted by molar-refractivity contribution is 6.11. The molecule has 3 aromatic heterocycles. The summed E-state index contributed by atoms with van der Waals surface area (Å²) in [6, 6.07) is 5.25. The normalized spacial score (nSPS) is 14.4. The molecule has 31 heavy (non-hydrogen) atoms. The lowest BCUT2D eigenvalue weighted by atomic mass is 10.2. The number of carboxylic acid groups (broad SMARTS) is 1. The second-order valence-electron chi connectivity index (χ2n) is 6.92. The lowest BCUT2D eigenvalue weighted by molar-refractivity contribution is -0.112. The van der Waals surface area contributed by atoms with Crippen LogP contribution in [0.1, 0.15) is 10.4 Å². The number of fused-ring (bicyclic) bond motifs is 1. The van der Waals surface area contributed by atoms with Crippen molar-refractivity contribution in [1.82, 2.24) is 25.0 Å². The van der Waals surface area contributed by atoms with Gasteiger partial charge in [0.25, 0.3) is 5.91 Å². The van der Waals surface area contributed by atoms with Gasteiger partial charge in [-0.25, -0.2) is 19.8 Å². The van der Waals surface area contributed by atoms with Crippen LogP contribution in [0, 0.1) is 0 Å². The molecule has 3 N–H and O–H groups in total. The third kappa shape index (κ3) is 4.16. The summed E-state index contributed by atoms with van der Waals surface area (Å²) in [4.78, 5) is 48.3. The summed E-state index contributed by atoms with van der Waals surface area (Å²) in [5.41, 5.74) is 2.56. The topological polar surface area (TPSA) is 135 Å². The Bertz CT molecular complexity index is 1090. The zero-order valence-electron chi connectivity index (χ0n) is 16.6. The zero-order valence-corrected chi connectivity index (χ0v) is 16.6. The van der Waals surface area contributed by atoms with E-state index < -0.39 is 6.09 Å². The molecule has 4 heterocycles. The Morgan fingerprint density at radius 1 is 1.23 bits per heavy atom. The van der Waals surface area contributed by atoms with E-state index in [1.54, 1.807) is 35.7 Å². The lowest BCUT2D eigenvalue weighted by Gasteiger charge is -2.40. The minimum absolute atomic E-state index is 0.197. The van der Waals surface area contributed by atoms with Crippen molar-refractivity contribution in [2.24, 2.45) is 0 Å². The number of hydrogen-bond acceptors (Lipinski definition) is 7. The number of aromatic nitrogens is 3. The number of carbonyl (C=O) groups is 3. The minimum Gasteiger partial charge on any atom is -0.464 e. The van der Waals surface area contributed by atoms with E-state index in [1.165, 1.54) is 6.20 Å². The summed E-state index contributed by atoms with van der Waals surface area (Å²) < 4.78 is 0. The van der Waals surface area contributed by atoms with Gasteiger partial charge in [-0.2, -0.15) is 0 Å². The lowest BCUT2D eigenvalue weighted by Crippen LogP contribution is -2.55. The van der Waals surface area contributed by atoms with Gasteiger partial charge in [0.05, 0.1) is 28.9 Å². The van der Waals surface area contributed by atoms with Gasteiger partial charge in [-0.15, -0.1) is 0 Å². The quantitative estimate of drug-likeness (QED) is 0.507. The number of H-pyrrole nitrogens is 1. The maximum absolute atomic E-state index is 12.6. The molecule has 1 aliphatic heterocycles. The second kappa shape index (κ2) is 8.79. The van der Waals surface area contributed by atoms with Crippen LogP contribution in [0.25, 0.3) is 11.0 Å². The van der Waals surface area contributed by atoms with E-state index in [0.717, 1.165) is 16.1 Å². The summed E-state index contributed by atoms with van der Waals surface area (Å²) >= 11 is 0. The Labute approximate surface area is 177 Å². The van der Waals surface area contributed by atoms with Crippen LogP contribution in [0.15, 0.2) is 43.0 Å². The van der Waals surface area contributed by atoms with Crippen molar-refractivity contribution in [3.8, 4) is 0 Å². The molecule has 1 saturated heterocycles. The predicted octanol–water partition coefficient (Wildman–Crippen LogP) is 1.43. The number of aldehydes is 1. The predicted molar refractivity (Wildman–Crippen MR) is 113 cm³/mol. The van der Waals surface area contributed by atoms with Crippen molar-refractivity contribution in [3.63, 3.8) is 0 Å². The van der Waals surface area contributed by atoms with Crippen LogP contribution in [0.4, 0.5) is 16.2 Å². The standard InChI is InChI=1S/C20H21N7O4/c28-11-10-27(20(30)31)26-8-6-25(7-9-26)16-3-5-22-18-17(16)15(13-23-18)24-19(29)14-2-1-4-21-12-14/h1-5,11-13H,6-10H2,(H,22,23)(H,24,29)(H,30,31). The molecule has 160 valence electrons. The molecular weight excluding hydrogens is 402 g/mol. The molecule has 4 rings (SSSR count). The first-order valence-corrected chi connectivity index (χ1v) is 9.70. The molecular formula is C20H21N7O4. The summed E-state index contributed by atoms with van der Waals surface area (Å²) in [5.74, 6) is -0.278. The average molecular weight is 423 g/mol. The number of hydrogen-bond donors (Lipinski definition) is 3. The van der Waals surface area contributed by atoms with Crippen molar-refractivity contribution < 1.29 is 19.5 Å². The number of aromatic amines is 1. The van der Waals surface area contributed by atoms with E-state index in [2.05, 4.69) is 25.2 Å². The van der Waals surface area contributed by atoms with Crippen LogP contribution in [-0.2, 0) is 4.79 Å². The highest BCUT2D eigenvalue weighted by Gasteiger charge is 2.27. The van der Waals surface area contributed by atoms with Crippen LogP contribution in [0.3, 0.4) is 0 Å². The smallest absolute Gasteiger partial charge is 0.422 e. The SMILES string of the molecule is O=CCN(C(=O)O)N1CCN(c2ccnc3[nH]cc(NC(=O)c4cccnc4)c23)CC1. The largest absolute Gasteiger partial charge is 0.464 e. The Hall–Kier alpha value is -3.99. The zero-order chi connectivity index (χ0) is 21.8. The molecule has 0 bridgehead atoms. The second-order valence-corrected chi connectivity index (χ2v) is 6.92. The highest BCUT2D eigenvalue weighted by Crippen LogP contribution is 2.32. The van der Waals surface area contributed by atoms with Gasteiger partial charge in [0.15, 0.2) is 0 Å². The van der Waals surface area contributed by atoms with Gasteiger partial charge < -0.3 is 25.1 Å². The fourth-order valence-electron chi connectivity index (χ4n) is 3.66. The van der Waals surface area contributed by atoms with Crippen LogP contribution in [0.2, 0.25) is 0 Å². The molecule has 1 fully saturated rings. The molecule has 3 aromatic rings. The maximum atomic E-state index is 12.6. The van der Waals surface area contributed by atoms with Gasteiger partial charge in [-0.3, -0.25) is 9.78 Å². The van der Waals surface area contributed by atoms with Gasteiger partial charge in [0.1, 0.15) is 11.9 Å². The Balaban J connectivity index is 1.55. The van der Waals surface area contributed by atoms with Gasteiger partial charge in [-0.1, -0.05) is 0 Å². The van der Waals surface area contributed by atoms with E-state index in [0.29, 0.717) is 49.4 Å². The van der Waals surface area contributed by atoms with E-state index in [9.17, 15) is 19.5 Å². The van der Waals surface area contributed by atoms with Crippen molar-refractivity contribution in [2.45, 2.75) is 0 Å². The number of piperazine rings is 1. The Morgan fingerprint density at radius 2 is 2.03 bits per heavy atom. The van der Waals surface area contributed by atoms with Gasteiger partial charge in [0.2, 0.25) is 0 Å². The third-order valence-corrected chi connectivity index (χ3v) is 5.13. The number of carbonyl (C=O) groups excluding carboxylic acids is 2. The number of amides is 2. The summed E-state index contributed by atoms with van der Waals surface area (Å²) in [7, 11) is 0. The fourth-order valence-corrected chi connectivity index (χ4v) is 3.66. The van der Waals surface area contributed by atoms with Crippen molar-refractivity contribution in [3.05, 3.63) is 48.5 Å². The number of rotatable bonds is 6. The molecule has 0 spiro atoms.